The average molecular weight is 325 g/mol. The summed E-state index contributed by atoms with van der Waals surface area (Å²) in [5.41, 5.74) is 1.48. The molecule has 3 rings (SSSR count). The van der Waals surface area contributed by atoms with Crippen molar-refractivity contribution in [3.8, 4) is 5.75 Å². The zero-order chi connectivity index (χ0) is 15.0. The second kappa shape index (κ2) is 5.54. The maximum absolute atomic E-state index is 11.2. The van der Waals surface area contributed by atoms with Gasteiger partial charge in [-0.3, -0.25) is 4.79 Å². The molecular weight excluding hydrogens is 312 g/mol. The number of carboxylic acids is 1. The minimum Gasteiger partial charge on any atom is -0.495 e. The third kappa shape index (κ3) is 2.69. The molecule has 21 heavy (non-hydrogen) atoms. The monoisotopic (exact) mass is 324 g/mol. The van der Waals surface area contributed by atoms with E-state index in [1.165, 1.54) is 11.3 Å². The Hall–Kier alpha value is -1.79. The van der Waals surface area contributed by atoms with Crippen LogP contribution in [0.5, 0.6) is 5.75 Å². The molecule has 2 N–H and O–H groups in total. The highest BCUT2D eigenvalue weighted by atomic mass is 35.5. The molecule has 0 spiro atoms. The van der Waals surface area contributed by atoms with E-state index in [0.29, 0.717) is 28.0 Å². The molecule has 0 bridgehead atoms. The number of ether oxygens (including phenoxy) is 1. The number of carboxylic acid groups (broad SMARTS) is 1. The molecule has 0 amide bonds. The van der Waals surface area contributed by atoms with Crippen LogP contribution in [-0.2, 0) is 11.2 Å². The predicted octanol–water partition coefficient (Wildman–Crippen LogP) is 3.66. The number of methoxy groups -OCH3 is 1. The molecule has 0 fully saturated rings. The van der Waals surface area contributed by atoms with Crippen LogP contribution < -0.4 is 10.1 Å². The molecule has 5 nitrogen and oxygen atoms in total. The summed E-state index contributed by atoms with van der Waals surface area (Å²) in [7, 11) is 1.56. The average Bonchev–Trinajstić information content (AvgIpc) is 2.98. The van der Waals surface area contributed by atoms with Gasteiger partial charge in [0.15, 0.2) is 5.13 Å². The number of nitrogens with zero attached hydrogens (tertiary/aromatic N) is 1. The highest BCUT2D eigenvalue weighted by Gasteiger charge is 2.32. The summed E-state index contributed by atoms with van der Waals surface area (Å²) < 4.78 is 5.10. The highest BCUT2D eigenvalue weighted by Crippen LogP contribution is 2.39. The maximum Gasteiger partial charge on any atom is 0.312 e. The molecule has 1 aromatic heterocycles. The maximum atomic E-state index is 11.2. The number of carbonyl (C=O) groups is 1. The zero-order valence-corrected chi connectivity index (χ0v) is 12.8. The van der Waals surface area contributed by atoms with Crippen molar-refractivity contribution in [2.24, 2.45) is 0 Å². The van der Waals surface area contributed by atoms with E-state index in [2.05, 4.69) is 10.3 Å². The van der Waals surface area contributed by atoms with Crippen LogP contribution in [0, 0.1) is 0 Å². The number of benzene rings is 1. The van der Waals surface area contributed by atoms with Crippen molar-refractivity contribution in [1.82, 2.24) is 4.98 Å². The van der Waals surface area contributed by atoms with Crippen LogP contribution in [-0.4, -0.2) is 23.2 Å². The fourth-order valence-electron chi connectivity index (χ4n) is 2.39. The predicted molar refractivity (Wildman–Crippen MR) is 82.1 cm³/mol. The first-order valence-electron chi connectivity index (χ1n) is 6.41. The third-order valence-electron chi connectivity index (χ3n) is 3.42. The smallest absolute Gasteiger partial charge is 0.312 e. The summed E-state index contributed by atoms with van der Waals surface area (Å²) >= 11 is 7.57. The van der Waals surface area contributed by atoms with Gasteiger partial charge in [-0.1, -0.05) is 11.6 Å². The van der Waals surface area contributed by atoms with Gasteiger partial charge in [0.25, 0.3) is 0 Å². The third-order valence-corrected chi connectivity index (χ3v) is 4.76. The van der Waals surface area contributed by atoms with Crippen molar-refractivity contribution in [2.45, 2.75) is 18.8 Å². The van der Waals surface area contributed by atoms with Crippen molar-refractivity contribution in [2.75, 3.05) is 12.4 Å². The van der Waals surface area contributed by atoms with E-state index in [1.54, 1.807) is 19.2 Å². The first-order valence-corrected chi connectivity index (χ1v) is 7.61. The summed E-state index contributed by atoms with van der Waals surface area (Å²) in [6.07, 6.45) is 1.41. The summed E-state index contributed by atoms with van der Waals surface area (Å²) in [5.74, 6) is -0.681. The Morgan fingerprint density at radius 3 is 3.05 bits per heavy atom. The van der Waals surface area contributed by atoms with Gasteiger partial charge in [-0.05, 0) is 31.0 Å². The summed E-state index contributed by atoms with van der Waals surface area (Å²) in [5, 5.41) is 13.5. The number of rotatable bonds is 4. The topological polar surface area (TPSA) is 71.5 Å². The molecule has 1 unspecified atom stereocenters. The number of aromatic nitrogens is 1. The number of fused-ring (bicyclic) bond motifs is 1. The molecule has 0 aliphatic heterocycles. The number of aryl methyl sites for hydroxylation is 1. The van der Waals surface area contributed by atoms with Crippen molar-refractivity contribution in [1.29, 1.82) is 0 Å². The normalized spacial score (nSPS) is 16.6. The first kappa shape index (κ1) is 14.2. The lowest BCUT2D eigenvalue weighted by molar-refractivity contribution is -0.138. The minimum absolute atomic E-state index is 0.480. The van der Waals surface area contributed by atoms with Crippen LogP contribution in [0.1, 0.15) is 22.9 Å². The molecule has 0 radical (unpaired) electrons. The summed E-state index contributed by atoms with van der Waals surface area (Å²) in [4.78, 5) is 16.6. The lowest BCUT2D eigenvalue weighted by Crippen LogP contribution is -2.08. The van der Waals surface area contributed by atoms with Crippen LogP contribution in [0.2, 0.25) is 5.02 Å². The van der Waals surface area contributed by atoms with Crippen LogP contribution >= 0.6 is 22.9 Å². The Balaban J connectivity index is 1.82. The van der Waals surface area contributed by atoms with E-state index < -0.39 is 11.9 Å². The van der Waals surface area contributed by atoms with Gasteiger partial charge in [0, 0.05) is 10.6 Å². The van der Waals surface area contributed by atoms with E-state index in [9.17, 15) is 4.79 Å². The first-order chi connectivity index (χ1) is 10.1. The highest BCUT2D eigenvalue weighted by molar-refractivity contribution is 7.15. The van der Waals surface area contributed by atoms with E-state index in [-0.39, 0.29) is 0 Å². The Morgan fingerprint density at radius 1 is 1.57 bits per heavy atom. The Labute approximate surface area is 130 Å². The van der Waals surface area contributed by atoms with E-state index in [4.69, 9.17) is 21.4 Å². The van der Waals surface area contributed by atoms with E-state index in [0.717, 1.165) is 17.0 Å². The minimum atomic E-state index is -0.807. The van der Waals surface area contributed by atoms with Gasteiger partial charge in [-0.25, -0.2) is 4.98 Å². The molecule has 1 aliphatic carbocycles. The van der Waals surface area contributed by atoms with Gasteiger partial charge in [-0.2, -0.15) is 0 Å². The number of hydrogen-bond acceptors (Lipinski definition) is 5. The fraction of sp³-hybridized carbons (Fsp3) is 0.286. The molecular formula is C14H13ClN2O3S. The quantitative estimate of drug-likeness (QED) is 0.898. The standard InChI is InChI=1S/C14H13ClN2O3S/c1-20-10-4-2-7(6-9(10)15)16-14-17-12-8(13(18)19)3-5-11(12)21-14/h2,4,6,8H,3,5H2,1H3,(H,16,17)(H,18,19). The Morgan fingerprint density at radius 2 is 2.38 bits per heavy atom. The van der Waals surface area contributed by atoms with Gasteiger partial charge in [0.1, 0.15) is 11.7 Å². The number of halogens is 1. The van der Waals surface area contributed by atoms with Crippen LogP contribution in [0.3, 0.4) is 0 Å². The van der Waals surface area contributed by atoms with Gasteiger partial charge >= 0.3 is 5.97 Å². The number of nitrogens with one attached hydrogen (secondary N) is 1. The van der Waals surface area contributed by atoms with Crippen molar-refractivity contribution < 1.29 is 14.6 Å². The van der Waals surface area contributed by atoms with E-state index in [1.807, 2.05) is 6.07 Å². The Bertz CT molecular complexity index is 702. The molecule has 7 heteroatoms. The summed E-state index contributed by atoms with van der Waals surface area (Å²) in [6, 6.07) is 5.36. The molecule has 1 aliphatic rings. The number of aliphatic carboxylic acids is 1. The van der Waals surface area contributed by atoms with Crippen molar-refractivity contribution in [3.63, 3.8) is 0 Å². The van der Waals surface area contributed by atoms with Crippen LogP contribution in [0.25, 0.3) is 0 Å². The molecule has 1 aromatic carbocycles. The fourth-order valence-corrected chi connectivity index (χ4v) is 3.70. The molecule has 2 aromatic rings. The molecule has 0 saturated carbocycles. The lowest BCUT2D eigenvalue weighted by atomic mass is 10.1. The van der Waals surface area contributed by atoms with Gasteiger partial charge in [-0.15, -0.1) is 11.3 Å². The molecule has 110 valence electrons. The number of anilines is 2. The zero-order valence-electron chi connectivity index (χ0n) is 11.2. The van der Waals surface area contributed by atoms with Crippen LogP contribution in [0.4, 0.5) is 10.8 Å². The largest absolute Gasteiger partial charge is 0.495 e. The van der Waals surface area contributed by atoms with Crippen molar-refractivity contribution >= 4 is 39.7 Å². The van der Waals surface area contributed by atoms with Crippen LogP contribution in [0.15, 0.2) is 18.2 Å². The van der Waals surface area contributed by atoms with Gasteiger partial charge < -0.3 is 15.2 Å². The molecule has 1 atom stereocenters. The lowest BCUT2D eigenvalue weighted by Gasteiger charge is -2.07. The van der Waals surface area contributed by atoms with E-state index >= 15 is 0 Å². The Kier molecular flexibility index (Phi) is 3.73. The molecule has 1 heterocycles. The second-order valence-electron chi connectivity index (χ2n) is 4.73. The summed E-state index contributed by atoms with van der Waals surface area (Å²) in [6.45, 7) is 0. The second-order valence-corrected chi connectivity index (χ2v) is 6.22. The van der Waals surface area contributed by atoms with Gasteiger partial charge in [0.05, 0.1) is 17.8 Å². The van der Waals surface area contributed by atoms with Crippen molar-refractivity contribution in [3.05, 3.63) is 33.8 Å². The number of hydrogen-bond donors (Lipinski definition) is 2. The molecule has 0 saturated heterocycles. The van der Waals surface area contributed by atoms with Gasteiger partial charge in [0.2, 0.25) is 0 Å². The SMILES string of the molecule is COc1ccc(Nc2nc3c(s2)CCC3C(=O)O)cc1Cl. The number of thiazole rings is 1.